The predicted octanol–water partition coefficient (Wildman–Crippen LogP) is 5.34. The fourth-order valence-corrected chi connectivity index (χ4v) is 5.32. The van der Waals surface area contributed by atoms with Gasteiger partial charge in [0.15, 0.2) is 0 Å². The van der Waals surface area contributed by atoms with Gasteiger partial charge in [0.2, 0.25) is 5.91 Å². The zero-order valence-corrected chi connectivity index (χ0v) is 17.6. The maximum absolute atomic E-state index is 11.9. The molecule has 1 aromatic rings. The first-order chi connectivity index (χ1) is 13.1. The van der Waals surface area contributed by atoms with Crippen molar-refractivity contribution in [3.8, 4) is 0 Å². The molecule has 27 heavy (non-hydrogen) atoms. The van der Waals surface area contributed by atoms with E-state index in [9.17, 15) is 9.90 Å². The highest BCUT2D eigenvalue weighted by molar-refractivity contribution is 7.09. The van der Waals surface area contributed by atoms with E-state index in [0.29, 0.717) is 12.8 Å². The van der Waals surface area contributed by atoms with Crippen molar-refractivity contribution in [1.29, 1.82) is 0 Å². The van der Waals surface area contributed by atoms with E-state index < -0.39 is 0 Å². The monoisotopic (exact) mass is 389 g/mol. The Bertz CT molecular complexity index is 606. The molecule has 3 nitrogen and oxygen atoms in total. The van der Waals surface area contributed by atoms with Gasteiger partial charge in [0.1, 0.15) is 0 Å². The summed E-state index contributed by atoms with van der Waals surface area (Å²) in [5.74, 6) is 0.286. The molecule has 1 aliphatic heterocycles. The zero-order chi connectivity index (χ0) is 19.1. The molecule has 150 valence electrons. The second kappa shape index (κ2) is 9.88. The number of rotatable bonds is 12. The van der Waals surface area contributed by atoms with Gasteiger partial charge in [-0.3, -0.25) is 4.79 Å². The number of amides is 1. The van der Waals surface area contributed by atoms with Gasteiger partial charge in [-0.25, -0.2) is 0 Å². The summed E-state index contributed by atoms with van der Waals surface area (Å²) in [6.45, 7) is 3.12. The lowest BCUT2D eigenvalue weighted by atomic mass is 9.62. The van der Waals surface area contributed by atoms with Crippen LogP contribution in [0.15, 0.2) is 29.7 Å². The van der Waals surface area contributed by atoms with E-state index in [1.54, 1.807) is 11.3 Å². The van der Waals surface area contributed by atoms with Crippen LogP contribution in [0.5, 0.6) is 0 Å². The van der Waals surface area contributed by atoms with Gasteiger partial charge in [-0.2, -0.15) is 0 Å². The van der Waals surface area contributed by atoms with Crippen molar-refractivity contribution >= 4 is 17.2 Å². The van der Waals surface area contributed by atoms with Crippen molar-refractivity contribution in [3.05, 3.63) is 34.5 Å². The van der Waals surface area contributed by atoms with Crippen LogP contribution >= 0.6 is 11.3 Å². The Labute approximate surface area is 168 Å². The van der Waals surface area contributed by atoms with Crippen molar-refractivity contribution in [2.75, 3.05) is 6.54 Å². The molecule has 1 aliphatic carbocycles. The van der Waals surface area contributed by atoms with Crippen LogP contribution in [0.4, 0.5) is 0 Å². The van der Waals surface area contributed by atoms with Gasteiger partial charge < -0.3 is 10.0 Å². The number of β-lactam (4-membered cyclic amide) rings is 1. The predicted molar refractivity (Wildman–Crippen MR) is 113 cm³/mol. The molecule has 0 spiro atoms. The van der Waals surface area contributed by atoms with Crippen LogP contribution in [-0.2, 0) is 11.2 Å². The van der Waals surface area contributed by atoms with Crippen LogP contribution < -0.4 is 0 Å². The number of likely N-dealkylation sites (tertiary alicyclic amines) is 1. The number of nitrogens with zero attached hydrogens (tertiary/aromatic N) is 1. The molecule has 2 unspecified atom stereocenters. The third-order valence-corrected chi connectivity index (χ3v) is 7.36. The van der Waals surface area contributed by atoms with Crippen molar-refractivity contribution in [2.24, 2.45) is 5.41 Å². The Hall–Kier alpha value is -1.13. The van der Waals surface area contributed by atoms with Gasteiger partial charge in [0, 0.05) is 16.8 Å². The van der Waals surface area contributed by atoms with Gasteiger partial charge in [-0.1, -0.05) is 57.2 Å². The molecule has 1 N–H and O–H groups in total. The Kier molecular flexibility index (Phi) is 7.54. The average Bonchev–Trinajstić information content (AvgIpc) is 3.13. The first kappa shape index (κ1) is 20.6. The second-order valence-electron chi connectivity index (χ2n) is 8.42. The number of hydrogen-bond acceptors (Lipinski definition) is 3. The number of unbranched alkanes of at least 4 members (excludes halogenated alkanes) is 4. The molecule has 0 radical (unpaired) electrons. The molecule has 2 heterocycles. The normalized spacial score (nSPS) is 22.7. The summed E-state index contributed by atoms with van der Waals surface area (Å²) in [5.41, 5.74) is 0.0730. The number of aliphatic hydroxyl groups is 1. The molecule has 1 saturated heterocycles. The van der Waals surface area contributed by atoms with Crippen LogP contribution in [-0.4, -0.2) is 34.6 Å². The highest BCUT2D eigenvalue weighted by Gasteiger charge is 2.43. The number of carbonyl (C=O) groups is 1. The summed E-state index contributed by atoms with van der Waals surface area (Å²) in [7, 11) is 0. The molecular weight excluding hydrogens is 354 g/mol. The first-order valence-corrected chi connectivity index (χ1v) is 11.7. The molecule has 0 aromatic carbocycles. The molecule has 4 heteroatoms. The topological polar surface area (TPSA) is 40.5 Å². The SMILES string of the molecule is CCCCCCCN1C(=O)CC1/C=C/CC(O)C1(Cc2cccs2)CCC1. The summed E-state index contributed by atoms with van der Waals surface area (Å²) in [5, 5.41) is 13.0. The van der Waals surface area contributed by atoms with Crippen LogP contribution in [0.1, 0.15) is 76.0 Å². The fraction of sp³-hybridized carbons (Fsp3) is 0.696. The third-order valence-electron chi connectivity index (χ3n) is 6.49. The Morgan fingerprint density at radius 2 is 2.15 bits per heavy atom. The highest BCUT2D eigenvalue weighted by atomic mass is 32.1. The quantitative estimate of drug-likeness (QED) is 0.298. The molecular formula is C23H35NO2S. The van der Waals surface area contributed by atoms with Crippen LogP contribution in [0.2, 0.25) is 0 Å². The Morgan fingerprint density at radius 1 is 1.33 bits per heavy atom. The van der Waals surface area contributed by atoms with Crippen molar-refractivity contribution < 1.29 is 9.90 Å². The van der Waals surface area contributed by atoms with Crippen molar-refractivity contribution in [3.63, 3.8) is 0 Å². The lowest BCUT2D eigenvalue weighted by Gasteiger charge is -2.45. The maximum Gasteiger partial charge on any atom is 0.225 e. The zero-order valence-electron chi connectivity index (χ0n) is 16.7. The average molecular weight is 390 g/mol. The van der Waals surface area contributed by atoms with Crippen LogP contribution in [0.3, 0.4) is 0 Å². The maximum atomic E-state index is 11.9. The summed E-state index contributed by atoms with van der Waals surface area (Å²) in [6, 6.07) is 4.54. The minimum atomic E-state index is -0.275. The molecule has 1 saturated carbocycles. The summed E-state index contributed by atoms with van der Waals surface area (Å²) < 4.78 is 0. The van der Waals surface area contributed by atoms with Crippen LogP contribution in [0.25, 0.3) is 0 Å². The van der Waals surface area contributed by atoms with E-state index in [1.807, 2.05) is 4.90 Å². The fourth-order valence-electron chi connectivity index (χ4n) is 4.46. The number of carbonyl (C=O) groups excluding carboxylic acids is 1. The minimum absolute atomic E-state index is 0.0730. The van der Waals surface area contributed by atoms with Gasteiger partial charge >= 0.3 is 0 Å². The summed E-state index contributed by atoms with van der Waals surface area (Å²) in [4.78, 5) is 15.3. The van der Waals surface area contributed by atoms with E-state index in [4.69, 9.17) is 0 Å². The standard InChI is InChI=1S/C23H35NO2S/c1-2-3-4-5-6-15-24-19(17-22(24)26)10-7-12-21(25)23(13-9-14-23)18-20-11-8-16-27-20/h7-8,10-11,16,19,21,25H,2-6,9,12-15,17-18H2,1H3/b10-7+. The Morgan fingerprint density at radius 3 is 2.78 bits per heavy atom. The van der Waals surface area contributed by atoms with Crippen molar-refractivity contribution in [1.82, 2.24) is 4.90 Å². The van der Waals surface area contributed by atoms with Gasteiger partial charge in [-0.15, -0.1) is 11.3 Å². The molecule has 3 rings (SSSR count). The van der Waals surface area contributed by atoms with Gasteiger partial charge in [-0.05, 0) is 43.6 Å². The lowest BCUT2D eigenvalue weighted by molar-refractivity contribution is -0.143. The molecule has 1 aromatic heterocycles. The molecule has 2 aliphatic rings. The van der Waals surface area contributed by atoms with E-state index in [2.05, 4.69) is 36.6 Å². The molecule has 2 fully saturated rings. The van der Waals surface area contributed by atoms with Gasteiger partial charge in [0.05, 0.1) is 18.6 Å². The number of aliphatic hydroxyl groups excluding tert-OH is 1. The smallest absolute Gasteiger partial charge is 0.225 e. The Balaban J connectivity index is 1.43. The molecule has 1 amide bonds. The first-order valence-electron chi connectivity index (χ1n) is 10.8. The number of hydrogen-bond donors (Lipinski definition) is 1. The third kappa shape index (κ3) is 5.23. The number of thiophene rings is 1. The molecule has 2 atom stereocenters. The highest BCUT2D eigenvalue weighted by Crippen LogP contribution is 2.48. The lowest BCUT2D eigenvalue weighted by Crippen LogP contribution is -2.51. The summed E-state index contributed by atoms with van der Waals surface area (Å²) in [6.07, 6.45) is 16.0. The summed E-state index contributed by atoms with van der Waals surface area (Å²) >= 11 is 1.80. The van der Waals surface area contributed by atoms with Gasteiger partial charge in [0.25, 0.3) is 0 Å². The van der Waals surface area contributed by atoms with E-state index in [0.717, 1.165) is 32.2 Å². The minimum Gasteiger partial charge on any atom is -0.392 e. The van der Waals surface area contributed by atoms with E-state index >= 15 is 0 Å². The van der Waals surface area contributed by atoms with Crippen molar-refractivity contribution in [2.45, 2.75) is 89.7 Å². The van der Waals surface area contributed by atoms with E-state index in [1.165, 1.54) is 37.0 Å². The largest absolute Gasteiger partial charge is 0.392 e. The molecule has 0 bridgehead atoms. The second-order valence-corrected chi connectivity index (χ2v) is 9.46. The van der Waals surface area contributed by atoms with Crippen LogP contribution in [0, 0.1) is 5.41 Å². The van der Waals surface area contributed by atoms with E-state index in [-0.39, 0.29) is 23.5 Å².